The van der Waals surface area contributed by atoms with Crippen LogP contribution in [0.2, 0.25) is 0 Å². The number of rotatable bonds is 0. The van der Waals surface area contributed by atoms with Crippen molar-refractivity contribution in [2.45, 2.75) is 13.8 Å². The molecule has 0 aliphatic carbocycles. The molecule has 2 nitrogen and oxygen atoms in total. The Bertz CT molecular complexity index is 81.6. The minimum absolute atomic E-state index is 0.250. The zero-order valence-corrected chi connectivity index (χ0v) is 3.60. The first kappa shape index (κ1) is 1.80. The van der Waals surface area contributed by atoms with Gasteiger partial charge in [0, 0.05) is 17.3 Å². The summed E-state index contributed by atoms with van der Waals surface area (Å²) in [5.74, 6) is 0. The van der Waals surface area contributed by atoms with Crippen LogP contribution in [0.3, 0.4) is 0 Å². The van der Waals surface area contributed by atoms with Gasteiger partial charge in [-0.05, 0) is 13.8 Å². The van der Waals surface area contributed by atoms with Gasteiger partial charge in [0.25, 0.3) is 0 Å². The zero-order valence-electron chi connectivity index (χ0n) is 8.60. The quantitative estimate of drug-likeness (QED) is 0.446. The van der Waals surface area contributed by atoms with Gasteiger partial charge in [-0.1, -0.05) is 0 Å². The standard InChI is InChI=1S/2C2H6O/c2*1-2-3/h2*3H,2H2,1H3/i1D3,2D2;. The molecule has 0 saturated heterocycles. The topological polar surface area (TPSA) is 40.5 Å². The van der Waals surface area contributed by atoms with Crippen molar-refractivity contribution in [2.75, 3.05) is 13.2 Å². The summed E-state index contributed by atoms with van der Waals surface area (Å²) in [6.45, 7) is -4.06. The predicted octanol–water partition coefficient (Wildman–Crippen LogP) is -0.00280. The fourth-order valence-electron chi connectivity index (χ4n) is 0. The Labute approximate surface area is 45.5 Å². The van der Waals surface area contributed by atoms with Gasteiger partial charge in [0.15, 0.2) is 0 Å². The third-order valence-electron chi connectivity index (χ3n) is 0. The second-order valence-corrected chi connectivity index (χ2v) is 0.428. The molecule has 0 amide bonds. The van der Waals surface area contributed by atoms with E-state index >= 15 is 0 Å². The summed E-state index contributed by atoms with van der Waals surface area (Å²) in [5.41, 5.74) is 0. The van der Waals surface area contributed by atoms with Crippen molar-refractivity contribution in [3.05, 3.63) is 0 Å². The molecule has 0 radical (unpaired) electrons. The predicted molar refractivity (Wildman–Crippen MR) is 25.5 cm³/mol. The summed E-state index contributed by atoms with van der Waals surface area (Å²) in [6, 6.07) is 0. The molecular weight excluding hydrogens is 80.0 g/mol. The maximum Gasteiger partial charge on any atom is 0.0561 e. The molecule has 0 rings (SSSR count). The van der Waals surface area contributed by atoms with Gasteiger partial charge >= 0.3 is 0 Å². The Morgan fingerprint density at radius 3 is 2.00 bits per heavy atom. The van der Waals surface area contributed by atoms with Gasteiger partial charge in [0.05, 0.1) is 2.74 Å². The third kappa shape index (κ3) is 5220. The number of aliphatic hydroxyl groups excluding tert-OH is 1. The van der Waals surface area contributed by atoms with Gasteiger partial charge in [-0.3, -0.25) is 0 Å². The minimum Gasteiger partial charge on any atom is -0.397 e. The van der Waals surface area contributed by atoms with Crippen LogP contribution in [-0.4, -0.2) is 23.4 Å². The van der Waals surface area contributed by atoms with Crippen molar-refractivity contribution in [3.63, 3.8) is 0 Å². The van der Waals surface area contributed by atoms with Crippen LogP contribution in [0.15, 0.2) is 0 Å². The SMILES string of the molecule is CCO.[2H]C([2H])([2H])C([2H])([2H])O. The summed E-state index contributed by atoms with van der Waals surface area (Å²) in [4.78, 5) is 0. The monoisotopic (exact) mass is 97.1 g/mol. The Morgan fingerprint density at radius 1 is 1.83 bits per heavy atom. The smallest absolute Gasteiger partial charge is 0.0561 e. The Balaban J connectivity index is 0. The lowest BCUT2D eigenvalue weighted by Gasteiger charge is -1.52. The number of hydrogen-bond acceptors (Lipinski definition) is 2. The molecule has 0 aliphatic heterocycles. The van der Waals surface area contributed by atoms with E-state index in [1.807, 2.05) is 0 Å². The lowest BCUT2D eigenvalue weighted by molar-refractivity contribution is 0.318. The molecule has 0 fully saturated rings. The Hall–Kier alpha value is -0.0800. The summed E-state index contributed by atoms with van der Waals surface area (Å²) in [7, 11) is 0. The lowest BCUT2D eigenvalue weighted by atomic mass is 10.9. The second-order valence-electron chi connectivity index (χ2n) is 0.428. The first-order valence-electron chi connectivity index (χ1n) is 4.00. The highest BCUT2D eigenvalue weighted by molar-refractivity contribution is 3.84. The van der Waals surface area contributed by atoms with Gasteiger partial charge in [-0.2, -0.15) is 0 Å². The van der Waals surface area contributed by atoms with Gasteiger partial charge in [-0.25, -0.2) is 0 Å². The molecule has 0 atom stereocenters. The fraction of sp³-hybridized carbons (Fsp3) is 1.00. The van der Waals surface area contributed by atoms with Crippen molar-refractivity contribution in [2.24, 2.45) is 0 Å². The summed E-state index contributed by atoms with van der Waals surface area (Å²) >= 11 is 0. The third-order valence-corrected chi connectivity index (χ3v) is 0. The van der Waals surface area contributed by atoms with Gasteiger partial charge in [0.1, 0.15) is 0 Å². The maximum atomic E-state index is 8.12. The first-order chi connectivity index (χ1) is 4.66. The van der Waals surface area contributed by atoms with Gasteiger partial charge < -0.3 is 10.2 Å². The van der Waals surface area contributed by atoms with Crippen molar-refractivity contribution < 1.29 is 17.1 Å². The molecule has 2 heteroatoms. The van der Waals surface area contributed by atoms with Crippen LogP contribution >= 0.6 is 0 Å². The summed E-state index contributed by atoms with van der Waals surface area (Å²) < 4.78 is 31.4. The van der Waals surface area contributed by atoms with Crippen molar-refractivity contribution in [1.29, 1.82) is 0 Å². The highest BCUT2D eigenvalue weighted by Gasteiger charge is 1.34. The molecule has 0 aromatic rings. The molecule has 40 valence electrons. The molecule has 0 aromatic heterocycles. The molecule has 0 heterocycles. The van der Waals surface area contributed by atoms with Crippen molar-refractivity contribution in [3.8, 4) is 0 Å². The van der Waals surface area contributed by atoms with E-state index in [9.17, 15) is 0 Å². The lowest BCUT2D eigenvalue weighted by Crippen LogP contribution is -1.57. The van der Waals surface area contributed by atoms with E-state index in [1.54, 1.807) is 6.92 Å². The van der Waals surface area contributed by atoms with Crippen LogP contribution in [0, 0.1) is 0 Å². The Kier molecular flexibility index (Phi) is 6.16. The molecule has 2 N–H and O–H groups in total. The molecule has 0 spiro atoms. The number of hydrogen-bond donors (Lipinski definition) is 2. The molecule has 0 aromatic carbocycles. The van der Waals surface area contributed by atoms with Gasteiger partial charge in [0.2, 0.25) is 0 Å². The van der Waals surface area contributed by atoms with Crippen LogP contribution in [0.1, 0.15) is 20.6 Å². The molecule has 6 heavy (non-hydrogen) atoms. The van der Waals surface area contributed by atoms with E-state index in [1.165, 1.54) is 0 Å². The normalized spacial score (nSPS) is 22.8. The van der Waals surface area contributed by atoms with E-state index in [2.05, 4.69) is 0 Å². The summed E-state index contributed by atoms with van der Waals surface area (Å²) in [6.07, 6.45) is 0. The van der Waals surface area contributed by atoms with E-state index in [-0.39, 0.29) is 6.61 Å². The maximum absolute atomic E-state index is 8.12. The zero-order chi connectivity index (χ0) is 9.71. The Morgan fingerprint density at radius 2 is 2.00 bits per heavy atom. The molecule has 0 unspecified atom stereocenters. The van der Waals surface area contributed by atoms with Crippen LogP contribution in [-0.2, 0) is 0 Å². The van der Waals surface area contributed by atoms with E-state index in [0.717, 1.165) is 0 Å². The van der Waals surface area contributed by atoms with Crippen LogP contribution in [0.4, 0.5) is 0 Å². The van der Waals surface area contributed by atoms with Crippen LogP contribution in [0.5, 0.6) is 0 Å². The average Bonchev–Trinajstić information content (AvgIpc) is 1.60. The minimum atomic E-state index is -3.06. The molecular formula is C4H12O2. The first-order valence-corrected chi connectivity index (χ1v) is 1.50. The van der Waals surface area contributed by atoms with Crippen LogP contribution in [0.25, 0.3) is 0 Å². The average molecular weight is 97.2 g/mol. The molecule has 0 aliphatic rings. The van der Waals surface area contributed by atoms with E-state index in [4.69, 9.17) is 17.1 Å². The highest BCUT2D eigenvalue weighted by atomic mass is 16.3. The van der Waals surface area contributed by atoms with Crippen molar-refractivity contribution >= 4 is 0 Å². The molecule has 0 bridgehead atoms. The number of aliphatic hydroxyl groups is 2. The summed E-state index contributed by atoms with van der Waals surface area (Å²) in [5, 5.41) is 15.7. The second kappa shape index (κ2) is 20.5. The van der Waals surface area contributed by atoms with Crippen LogP contribution < -0.4 is 0 Å². The van der Waals surface area contributed by atoms with E-state index in [0.29, 0.717) is 0 Å². The molecule has 0 saturated carbocycles. The van der Waals surface area contributed by atoms with Crippen molar-refractivity contribution in [1.82, 2.24) is 0 Å². The fourth-order valence-corrected chi connectivity index (χ4v) is 0. The van der Waals surface area contributed by atoms with Gasteiger partial charge in [-0.15, -0.1) is 0 Å². The van der Waals surface area contributed by atoms with E-state index < -0.39 is 13.4 Å². The largest absolute Gasteiger partial charge is 0.397 e. The highest BCUT2D eigenvalue weighted by Crippen LogP contribution is 1.30.